The Hall–Kier alpha value is -4.92. The fourth-order valence-corrected chi connectivity index (χ4v) is 5.32. The van der Waals surface area contributed by atoms with Crippen molar-refractivity contribution in [3.8, 4) is 45.1 Å². The van der Waals surface area contributed by atoms with Crippen LogP contribution in [0.4, 0.5) is 26.3 Å². The molecule has 5 aromatic rings. The van der Waals surface area contributed by atoms with Crippen LogP contribution in [0, 0.1) is 6.92 Å². The van der Waals surface area contributed by atoms with Gasteiger partial charge in [-0.1, -0.05) is 18.2 Å². The normalized spacial score (nSPS) is 13.1. The predicted molar refractivity (Wildman–Crippen MR) is 154 cm³/mol. The van der Waals surface area contributed by atoms with E-state index in [1.807, 2.05) is 0 Å². The van der Waals surface area contributed by atoms with Crippen molar-refractivity contribution in [2.45, 2.75) is 37.2 Å². The van der Waals surface area contributed by atoms with Crippen LogP contribution in [0.3, 0.4) is 0 Å². The second-order valence-corrected chi connectivity index (χ2v) is 12.3. The van der Waals surface area contributed by atoms with Crippen molar-refractivity contribution in [3.63, 3.8) is 0 Å². The summed E-state index contributed by atoms with van der Waals surface area (Å²) in [7, 11) is -3.59. The molecule has 240 valence electrons. The molecule has 8 nitrogen and oxygen atoms in total. The van der Waals surface area contributed by atoms with Gasteiger partial charge in [0.2, 0.25) is 5.89 Å². The van der Waals surface area contributed by atoms with Crippen LogP contribution in [0.15, 0.2) is 82.2 Å². The molecular weight excluding hydrogens is 640 g/mol. The number of imidazole rings is 1. The van der Waals surface area contributed by atoms with Crippen LogP contribution in [-0.4, -0.2) is 41.9 Å². The third-order valence-electron chi connectivity index (χ3n) is 6.87. The van der Waals surface area contributed by atoms with Gasteiger partial charge < -0.3 is 18.5 Å². The second kappa shape index (κ2) is 11.8. The van der Waals surface area contributed by atoms with Gasteiger partial charge in [0.05, 0.1) is 16.5 Å². The number of nitrogens with zero attached hydrogens (tertiary/aromatic N) is 3. The lowest BCUT2D eigenvalue weighted by Crippen LogP contribution is -2.16. The maximum absolute atomic E-state index is 13.6. The Morgan fingerprint density at radius 2 is 1.57 bits per heavy atom. The Morgan fingerprint density at radius 1 is 0.913 bits per heavy atom. The number of sulfone groups is 1. The van der Waals surface area contributed by atoms with Crippen molar-refractivity contribution in [1.82, 2.24) is 14.5 Å². The Kier molecular flexibility index (Phi) is 8.32. The van der Waals surface area contributed by atoms with Gasteiger partial charge in [0.1, 0.15) is 23.6 Å². The summed E-state index contributed by atoms with van der Waals surface area (Å²) in [6.45, 7) is 2.86. The number of benzene rings is 3. The van der Waals surface area contributed by atoms with E-state index < -0.39 is 39.7 Å². The molecule has 1 unspecified atom stereocenters. The molecule has 0 N–H and O–H groups in total. The maximum atomic E-state index is 13.6. The van der Waals surface area contributed by atoms with E-state index in [0.717, 1.165) is 24.6 Å². The molecule has 0 saturated carbocycles. The number of aryl methyl sites for hydroxylation is 1. The van der Waals surface area contributed by atoms with E-state index in [1.54, 1.807) is 18.2 Å². The van der Waals surface area contributed by atoms with Crippen molar-refractivity contribution in [3.05, 3.63) is 90.3 Å². The van der Waals surface area contributed by atoms with E-state index in [9.17, 15) is 39.6 Å². The number of aldehydes is 1. The molecular formula is C31H23F6N3O5S. The van der Waals surface area contributed by atoms with Crippen molar-refractivity contribution in [2.75, 3.05) is 6.26 Å². The van der Waals surface area contributed by atoms with Gasteiger partial charge in [0.15, 0.2) is 21.3 Å². The zero-order valence-corrected chi connectivity index (χ0v) is 25.0. The lowest BCUT2D eigenvalue weighted by atomic mass is 9.98. The third-order valence-corrected chi connectivity index (χ3v) is 7.98. The number of hydrogen-bond acceptors (Lipinski definition) is 7. The van der Waals surface area contributed by atoms with Crippen LogP contribution in [0.2, 0.25) is 0 Å². The molecule has 15 heteroatoms. The van der Waals surface area contributed by atoms with Gasteiger partial charge in [0, 0.05) is 23.6 Å². The van der Waals surface area contributed by atoms with E-state index in [4.69, 9.17) is 4.42 Å². The molecule has 2 heterocycles. The van der Waals surface area contributed by atoms with E-state index in [-0.39, 0.29) is 44.9 Å². The van der Waals surface area contributed by atoms with Crippen molar-refractivity contribution in [2.24, 2.45) is 0 Å². The van der Waals surface area contributed by atoms with Gasteiger partial charge in [-0.15, -0.1) is 13.2 Å². The van der Waals surface area contributed by atoms with E-state index in [0.29, 0.717) is 17.4 Å². The van der Waals surface area contributed by atoms with Gasteiger partial charge >= 0.3 is 12.5 Å². The number of hydrogen-bond donors (Lipinski definition) is 0. The molecule has 0 aliphatic heterocycles. The molecule has 0 amide bonds. The summed E-state index contributed by atoms with van der Waals surface area (Å²) in [5.74, 6) is -1.48. The number of carbonyl (C=O) groups is 1. The highest BCUT2D eigenvalue weighted by Crippen LogP contribution is 2.41. The van der Waals surface area contributed by atoms with Crippen LogP contribution in [0.1, 0.15) is 30.3 Å². The minimum Gasteiger partial charge on any atom is -0.439 e. The van der Waals surface area contributed by atoms with Crippen LogP contribution in [-0.2, 0) is 20.8 Å². The number of aromatic nitrogens is 3. The smallest absolute Gasteiger partial charge is 0.439 e. The van der Waals surface area contributed by atoms with Gasteiger partial charge in [-0.25, -0.2) is 18.4 Å². The summed E-state index contributed by atoms with van der Waals surface area (Å²) in [6.07, 6.45) is -7.29. The van der Waals surface area contributed by atoms with Gasteiger partial charge in [-0.3, -0.25) is 0 Å². The number of oxazole rings is 1. The van der Waals surface area contributed by atoms with Crippen LogP contribution in [0.5, 0.6) is 5.75 Å². The largest absolute Gasteiger partial charge is 0.573 e. The molecule has 0 radical (unpaired) electrons. The number of halogens is 6. The van der Waals surface area contributed by atoms with Gasteiger partial charge in [0.25, 0.3) is 0 Å². The molecule has 0 aliphatic rings. The number of rotatable bonds is 8. The summed E-state index contributed by atoms with van der Waals surface area (Å²) in [6, 6.07) is 15.3. The highest BCUT2D eigenvalue weighted by molar-refractivity contribution is 7.90. The molecule has 5 rings (SSSR count). The molecule has 3 aromatic carbocycles. The highest BCUT2D eigenvalue weighted by atomic mass is 32.2. The minimum absolute atomic E-state index is 0.000594. The fourth-order valence-electron chi connectivity index (χ4n) is 4.65. The summed E-state index contributed by atoms with van der Waals surface area (Å²) >= 11 is 0. The first-order chi connectivity index (χ1) is 21.4. The van der Waals surface area contributed by atoms with Crippen LogP contribution in [0.25, 0.3) is 39.4 Å². The molecule has 2 aromatic heterocycles. The van der Waals surface area contributed by atoms with Crippen molar-refractivity contribution < 1.29 is 48.7 Å². The molecule has 1 atom stereocenters. The molecule has 0 aliphatic carbocycles. The summed E-state index contributed by atoms with van der Waals surface area (Å²) < 4.78 is 115. The fraction of sp³-hybridized carbons (Fsp3) is 0.194. The zero-order chi connectivity index (χ0) is 33.6. The number of ether oxygens (including phenoxy) is 1. The first-order valence-electron chi connectivity index (χ1n) is 13.4. The van der Waals surface area contributed by atoms with E-state index in [1.165, 1.54) is 54.8 Å². The monoisotopic (exact) mass is 663 g/mol. The highest BCUT2D eigenvalue weighted by Gasteiger charge is 2.35. The predicted octanol–water partition coefficient (Wildman–Crippen LogP) is 7.79. The SMILES string of the molecule is Cc1nc(C(F)(F)F)cn1-c1ccc(-c2cccc(S(C)(=O)=O)c2)cc1-c1nc(C(C)C=O)oc1-c1ccc(OC(F)(F)F)cc1. The second-order valence-electron chi connectivity index (χ2n) is 10.3. The maximum Gasteiger partial charge on any atom is 0.573 e. The Morgan fingerprint density at radius 3 is 2.15 bits per heavy atom. The molecule has 0 spiro atoms. The Labute approximate surface area is 258 Å². The van der Waals surface area contributed by atoms with Crippen molar-refractivity contribution >= 4 is 16.1 Å². The quantitative estimate of drug-likeness (QED) is 0.123. The Balaban J connectivity index is 1.77. The van der Waals surface area contributed by atoms with Gasteiger partial charge in [-0.05, 0) is 73.5 Å². The van der Waals surface area contributed by atoms with Gasteiger partial charge in [-0.2, -0.15) is 13.2 Å². The summed E-state index contributed by atoms with van der Waals surface area (Å²) in [5, 5.41) is 0. The lowest BCUT2D eigenvalue weighted by molar-refractivity contribution is -0.274. The van der Waals surface area contributed by atoms with Crippen LogP contribution < -0.4 is 4.74 Å². The van der Waals surface area contributed by atoms with Crippen LogP contribution >= 0.6 is 0 Å². The zero-order valence-electron chi connectivity index (χ0n) is 24.1. The molecule has 0 fully saturated rings. The number of alkyl halides is 6. The van der Waals surface area contributed by atoms with E-state index in [2.05, 4.69) is 14.7 Å². The van der Waals surface area contributed by atoms with Crippen molar-refractivity contribution in [1.29, 1.82) is 0 Å². The summed E-state index contributed by atoms with van der Waals surface area (Å²) in [5.41, 5.74) is 0.369. The third kappa shape index (κ3) is 6.83. The molecule has 0 bridgehead atoms. The standard InChI is InChI=1S/C31H23F6N3O5S/c1-17(16-41)29-39-27(28(44-29)19-7-10-22(11-8-19)45-31(35,36)37)24-14-21(20-5-4-6-23(13-20)46(3,42)43)9-12-25(24)40-15-26(30(32,33)34)38-18(40)2/h4-17H,1-3H3. The topological polar surface area (TPSA) is 104 Å². The first-order valence-corrected chi connectivity index (χ1v) is 15.2. The first kappa shape index (κ1) is 32.5. The minimum atomic E-state index is -4.94. The summed E-state index contributed by atoms with van der Waals surface area (Å²) in [4.78, 5) is 19.9. The molecule has 46 heavy (non-hydrogen) atoms. The average Bonchev–Trinajstić information content (AvgIpc) is 3.60. The molecule has 0 saturated heterocycles. The number of carbonyl (C=O) groups excluding carboxylic acids is 1. The van der Waals surface area contributed by atoms with E-state index >= 15 is 0 Å². The Bertz CT molecular complexity index is 2030. The average molecular weight is 664 g/mol. The lowest BCUT2D eigenvalue weighted by Gasteiger charge is -2.14.